The molecule has 1 N–H and O–H groups in total. The Hall–Kier alpha value is -1.79. The van der Waals surface area contributed by atoms with Crippen molar-refractivity contribution in [2.75, 3.05) is 26.7 Å². The van der Waals surface area contributed by atoms with Crippen LogP contribution >= 0.6 is 0 Å². The molecule has 0 spiro atoms. The average Bonchev–Trinajstić information content (AvgIpc) is 2.92. The summed E-state index contributed by atoms with van der Waals surface area (Å²) in [5.41, 5.74) is 1.31. The number of aryl methyl sites for hydroxylation is 1. The Balaban J connectivity index is 1.87. The van der Waals surface area contributed by atoms with Crippen LogP contribution in [-0.4, -0.2) is 41.7 Å². The summed E-state index contributed by atoms with van der Waals surface area (Å²) in [7, 11) is 2.05. The Bertz CT molecular complexity index is 613. The molecule has 1 aromatic heterocycles. The lowest BCUT2D eigenvalue weighted by atomic mass is 10.1. The van der Waals surface area contributed by atoms with Gasteiger partial charge in [0, 0.05) is 25.2 Å². The molecule has 1 saturated heterocycles. The summed E-state index contributed by atoms with van der Waals surface area (Å²) in [6, 6.07) is 4.91. The average molecular weight is 276 g/mol. The van der Waals surface area contributed by atoms with Gasteiger partial charge in [0.2, 0.25) is 0 Å². The summed E-state index contributed by atoms with van der Waals surface area (Å²) < 4.78 is 18.6. The second-order valence-electron chi connectivity index (χ2n) is 5.12. The van der Waals surface area contributed by atoms with Gasteiger partial charge in [0.1, 0.15) is 5.82 Å². The van der Waals surface area contributed by atoms with E-state index in [-0.39, 0.29) is 11.9 Å². The van der Waals surface area contributed by atoms with Crippen LogP contribution in [0.25, 0.3) is 11.5 Å². The predicted octanol–water partition coefficient (Wildman–Crippen LogP) is 1.76. The van der Waals surface area contributed by atoms with Crippen LogP contribution in [0.4, 0.5) is 4.39 Å². The van der Waals surface area contributed by atoms with Crippen molar-refractivity contribution in [2.24, 2.45) is 0 Å². The number of aromatic nitrogens is 2. The molecule has 3 rings (SSSR count). The van der Waals surface area contributed by atoms with Crippen LogP contribution in [0, 0.1) is 12.7 Å². The van der Waals surface area contributed by atoms with Crippen molar-refractivity contribution in [3.8, 4) is 11.5 Å². The second-order valence-corrected chi connectivity index (χ2v) is 5.12. The zero-order valence-corrected chi connectivity index (χ0v) is 11.6. The summed E-state index contributed by atoms with van der Waals surface area (Å²) in [5, 5.41) is 7.37. The molecule has 1 aliphatic heterocycles. The number of nitrogens with zero attached hydrogens (tertiary/aromatic N) is 3. The molecular formula is C14H17FN4O. The third kappa shape index (κ3) is 2.44. The summed E-state index contributed by atoms with van der Waals surface area (Å²) in [6.45, 7) is 4.44. The van der Waals surface area contributed by atoms with E-state index in [1.165, 1.54) is 6.07 Å². The summed E-state index contributed by atoms with van der Waals surface area (Å²) in [4.78, 5) is 6.64. The molecule has 0 bridgehead atoms. The highest BCUT2D eigenvalue weighted by atomic mass is 19.1. The van der Waals surface area contributed by atoms with Gasteiger partial charge in [-0.25, -0.2) is 4.39 Å². The van der Waals surface area contributed by atoms with Crippen molar-refractivity contribution in [1.82, 2.24) is 20.4 Å². The zero-order valence-electron chi connectivity index (χ0n) is 11.6. The zero-order chi connectivity index (χ0) is 14.1. The third-order valence-electron chi connectivity index (χ3n) is 3.66. The lowest BCUT2D eigenvalue weighted by molar-refractivity contribution is 0.190. The largest absolute Gasteiger partial charge is 0.334 e. The molecule has 1 atom stereocenters. The lowest BCUT2D eigenvalue weighted by Crippen LogP contribution is -2.44. The summed E-state index contributed by atoms with van der Waals surface area (Å²) >= 11 is 0. The summed E-state index contributed by atoms with van der Waals surface area (Å²) in [6.07, 6.45) is 0. The third-order valence-corrected chi connectivity index (χ3v) is 3.66. The number of halogens is 1. The van der Waals surface area contributed by atoms with E-state index in [0.29, 0.717) is 17.3 Å². The van der Waals surface area contributed by atoms with Gasteiger partial charge >= 0.3 is 0 Å². The molecule has 20 heavy (non-hydrogen) atoms. The van der Waals surface area contributed by atoms with Crippen LogP contribution in [0.5, 0.6) is 0 Å². The molecule has 0 saturated carbocycles. The molecule has 1 unspecified atom stereocenters. The number of hydrogen-bond acceptors (Lipinski definition) is 5. The maximum absolute atomic E-state index is 13.3. The van der Waals surface area contributed by atoms with E-state index in [9.17, 15) is 4.39 Å². The van der Waals surface area contributed by atoms with E-state index in [0.717, 1.165) is 25.2 Å². The molecule has 0 amide bonds. The van der Waals surface area contributed by atoms with E-state index in [1.807, 2.05) is 7.05 Å². The highest BCUT2D eigenvalue weighted by Gasteiger charge is 2.25. The van der Waals surface area contributed by atoms with Crippen LogP contribution in [0.15, 0.2) is 22.7 Å². The number of piperazine rings is 1. The molecule has 106 valence electrons. The summed E-state index contributed by atoms with van der Waals surface area (Å²) in [5.74, 6) is 0.864. The monoisotopic (exact) mass is 276 g/mol. The topological polar surface area (TPSA) is 54.2 Å². The molecule has 2 aromatic rings. The molecule has 1 aromatic carbocycles. The first-order valence-corrected chi connectivity index (χ1v) is 6.66. The first-order valence-electron chi connectivity index (χ1n) is 6.66. The van der Waals surface area contributed by atoms with Gasteiger partial charge in [-0.15, -0.1) is 0 Å². The molecule has 1 fully saturated rings. The van der Waals surface area contributed by atoms with Crippen molar-refractivity contribution >= 4 is 0 Å². The van der Waals surface area contributed by atoms with Crippen LogP contribution in [0.3, 0.4) is 0 Å². The Morgan fingerprint density at radius 2 is 2.30 bits per heavy atom. The quantitative estimate of drug-likeness (QED) is 0.906. The highest BCUT2D eigenvalue weighted by molar-refractivity contribution is 5.54. The lowest BCUT2D eigenvalue weighted by Gasteiger charge is -2.30. The Kier molecular flexibility index (Phi) is 3.50. The fourth-order valence-corrected chi connectivity index (χ4v) is 2.36. The molecule has 0 aliphatic carbocycles. The predicted molar refractivity (Wildman–Crippen MR) is 72.7 cm³/mol. The molecule has 1 aliphatic rings. The van der Waals surface area contributed by atoms with E-state index in [4.69, 9.17) is 4.52 Å². The molecule has 6 heteroatoms. The maximum Gasteiger partial charge on any atom is 0.257 e. The normalized spacial score (nSPS) is 20.2. The minimum atomic E-state index is -0.232. The van der Waals surface area contributed by atoms with Crippen molar-refractivity contribution in [2.45, 2.75) is 13.0 Å². The SMILES string of the molecule is Cc1cc(-c2nc(C3CNCCN3C)no2)ccc1F. The van der Waals surface area contributed by atoms with E-state index >= 15 is 0 Å². The fraction of sp³-hybridized carbons (Fsp3) is 0.429. The molecule has 0 radical (unpaired) electrons. The van der Waals surface area contributed by atoms with Gasteiger partial charge in [0.05, 0.1) is 6.04 Å². The Morgan fingerprint density at radius 1 is 1.45 bits per heavy atom. The Labute approximate surface area is 116 Å². The van der Waals surface area contributed by atoms with Gasteiger partial charge in [-0.3, -0.25) is 4.90 Å². The van der Waals surface area contributed by atoms with Crippen LogP contribution < -0.4 is 5.32 Å². The maximum atomic E-state index is 13.3. The van der Waals surface area contributed by atoms with E-state index in [2.05, 4.69) is 20.4 Å². The van der Waals surface area contributed by atoms with Crippen molar-refractivity contribution in [3.05, 3.63) is 35.4 Å². The highest BCUT2D eigenvalue weighted by Crippen LogP contribution is 2.24. The van der Waals surface area contributed by atoms with Crippen LogP contribution in [0.1, 0.15) is 17.4 Å². The minimum absolute atomic E-state index is 0.114. The van der Waals surface area contributed by atoms with Crippen molar-refractivity contribution in [1.29, 1.82) is 0 Å². The van der Waals surface area contributed by atoms with Gasteiger partial charge in [-0.1, -0.05) is 5.16 Å². The van der Waals surface area contributed by atoms with E-state index in [1.54, 1.807) is 19.1 Å². The number of benzene rings is 1. The molecular weight excluding hydrogens is 259 g/mol. The van der Waals surface area contributed by atoms with Crippen molar-refractivity contribution < 1.29 is 8.91 Å². The smallest absolute Gasteiger partial charge is 0.257 e. The number of hydrogen-bond donors (Lipinski definition) is 1. The molecule has 2 heterocycles. The first-order chi connectivity index (χ1) is 9.65. The van der Waals surface area contributed by atoms with Gasteiger partial charge in [-0.05, 0) is 37.7 Å². The number of nitrogens with one attached hydrogen (secondary N) is 1. The van der Waals surface area contributed by atoms with Crippen LogP contribution in [0.2, 0.25) is 0 Å². The first kappa shape index (κ1) is 13.2. The number of likely N-dealkylation sites (N-methyl/N-ethyl adjacent to an activating group) is 1. The van der Waals surface area contributed by atoms with Crippen LogP contribution in [-0.2, 0) is 0 Å². The minimum Gasteiger partial charge on any atom is -0.334 e. The second kappa shape index (κ2) is 5.30. The van der Waals surface area contributed by atoms with Gasteiger partial charge < -0.3 is 9.84 Å². The molecule has 5 nitrogen and oxygen atoms in total. The Morgan fingerprint density at radius 3 is 3.05 bits per heavy atom. The van der Waals surface area contributed by atoms with E-state index < -0.39 is 0 Å². The van der Waals surface area contributed by atoms with Gasteiger partial charge in [-0.2, -0.15) is 4.98 Å². The van der Waals surface area contributed by atoms with Gasteiger partial charge in [0.15, 0.2) is 5.82 Å². The number of rotatable bonds is 2. The standard InChI is InChI=1S/C14H17FN4O/c1-9-7-10(3-4-11(9)15)14-17-13(18-20-14)12-8-16-5-6-19(12)2/h3-4,7,12,16H,5-6,8H2,1-2H3. The van der Waals surface area contributed by atoms with Gasteiger partial charge in [0.25, 0.3) is 5.89 Å². The fourth-order valence-electron chi connectivity index (χ4n) is 2.36. The van der Waals surface area contributed by atoms with Crippen molar-refractivity contribution in [3.63, 3.8) is 0 Å².